The molecule has 2 heterocycles. The van der Waals surface area contributed by atoms with Crippen molar-refractivity contribution >= 4 is 27.3 Å². The Morgan fingerprint density at radius 2 is 1.77 bits per heavy atom. The van der Waals surface area contributed by atoms with E-state index in [4.69, 9.17) is 4.74 Å². The van der Waals surface area contributed by atoms with Crippen LogP contribution in [0.1, 0.15) is 16.1 Å². The average molecular weight is 419 g/mol. The number of hydrogen-bond donors (Lipinski definition) is 0. The van der Waals surface area contributed by atoms with E-state index in [1.807, 2.05) is 66.0 Å². The van der Waals surface area contributed by atoms with Crippen LogP contribution in [0.5, 0.6) is 5.75 Å². The van der Waals surface area contributed by atoms with Gasteiger partial charge in [-0.1, -0.05) is 48.5 Å². The number of nitrogens with zero attached hydrogens (tertiary/aromatic N) is 2. The van der Waals surface area contributed by atoms with Crippen LogP contribution < -0.4 is 10.3 Å². The summed E-state index contributed by atoms with van der Waals surface area (Å²) in [6.45, 7) is 0.368. The second-order valence-corrected chi connectivity index (χ2v) is 8.01. The first-order chi connectivity index (χ1) is 14.5. The highest BCUT2D eigenvalue weighted by Gasteiger charge is 2.25. The van der Waals surface area contributed by atoms with E-state index in [0.29, 0.717) is 16.9 Å². The summed E-state index contributed by atoms with van der Waals surface area (Å²) in [7, 11) is 5.02. The van der Waals surface area contributed by atoms with Gasteiger partial charge >= 0.3 is 0 Å². The van der Waals surface area contributed by atoms with Gasteiger partial charge in [-0.05, 0) is 23.1 Å². The Labute approximate surface area is 178 Å². The van der Waals surface area contributed by atoms with Crippen LogP contribution in [0.3, 0.4) is 0 Å². The predicted molar refractivity (Wildman–Crippen MR) is 121 cm³/mol. The highest BCUT2D eigenvalue weighted by molar-refractivity contribution is 7.17. The van der Waals surface area contributed by atoms with Gasteiger partial charge in [-0.25, -0.2) is 0 Å². The zero-order valence-corrected chi connectivity index (χ0v) is 17.9. The number of aromatic nitrogens is 1. The summed E-state index contributed by atoms with van der Waals surface area (Å²) in [5.41, 5.74) is 2.82. The summed E-state index contributed by atoms with van der Waals surface area (Å²) >= 11 is 1.40. The van der Waals surface area contributed by atoms with Crippen molar-refractivity contribution in [3.8, 4) is 16.9 Å². The van der Waals surface area contributed by atoms with Gasteiger partial charge in [0.2, 0.25) is 0 Å². The van der Waals surface area contributed by atoms with Crippen molar-refractivity contribution in [2.45, 2.75) is 6.54 Å². The Morgan fingerprint density at radius 1 is 1.07 bits per heavy atom. The lowest BCUT2D eigenvalue weighted by molar-refractivity contribution is 0.0774. The predicted octanol–water partition coefficient (Wildman–Crippen LogP) is 4.55. The third kappa shape index (κ3) is 3.39. The summed E-state index contributed by atoms with van der Waals surface area (Å²) in [5, 5.41) is 2.70. The Balaban J connectivity index is 1.86. The second kappa shape index (κ2) is 8.16. The Bertz CT molecular complexity index is 1270. The normalized spacial score (nSPS) is 10.9. The summed E-state index contributed by atoms with van der Waals surface area (Å²) < 4.78 is 7.55. The quantitative estimate of drug-likeness (QED) is 0.478. The molecule has 152 valence electrons. The fraction of sp³-hybridized carbons (Fsp3) is 0.167. The molecule has 0 saturated carbocycles. The SMILES string of the molecule is COc1ccccc1CN(C)C(=O)c1c(-c2ccccc2)c2ccsc2c(=O)n1C. The molecule has 0 N–H and O–H groups in total. The summed E-state index contributed by atoms with van der Waals surface area (Å²) in [5.74, 6) is 0.509. The smallest absolute Gasteiger partial charge is 0.271 e. The number of benzene rings is 2. The Hall–Kier alpha value is -3.38. The van der Waals surface area contributed by atoms with Crippen LogP contribution >= 0.6 is 11.3 Å². The van der Waals surface area contributed by atoms with Crippen molar-refractivity contribution in [2.24, 2.45) is 7.05 Å². The maximum atomic E-state index is 13.6. The molecule has 1 amide bonds. The molecule has 2 aromatic carbocycles. The summed E-state index contributed by atoms with van der Waals surface area (Å²) in [6, 6.07) is 19.3. The average Bonchev–Trinajstić information content (AvgIpc) is 3.26. The number of thiophene rings is 1. The zero-order chi connectivity index (χ0) is 21.3. The van der Waals surface area contributed by atoms with Crippen LogP contribution in [0.2, 0.25) is 0 Å². The second-order valence-electron chi connectivity index (χ2n) is 7.09. The maximum Gasteiger partial charge on any atom is 0.271 e. The fourth-order valence-electron chi connectivity index (χ4n) is 3.71. The number of fused-ring (bicyclic) bond motifs is 1. The molecule has 0 aliphatic heterocycles. The molecular formula is C24H22N2O3S. The number of hydrogen-bond acceptors (Lipinski definition) is 4. The number of carbonyl (C=O) groups is 1. The van der Waals surface area contributed by atoms with Gasteiger partial charge < -0.3 is 14.2 Å². The van der Waals surface area contributed by atoms with Crippen LogP contribution in [-0.2, 0) is 13.6 Å². The molecule has 0 unspecified atom stereocenters. The van der Waals surface area contributed by atoms with Crippen LogP contribution in [0.25, 0.3) is 21.2 Å². The van der Waals surface area contributed by atoms with E-state index in [1.165, 1.54) is 15.9 Å². The number of amides is 1. The molecular weight excluding hydrogens is 396 g/mol. The Morgan fingerprint density at radius 3 is 2.50 bits per heavy atom. The first kappa shape index (κ1) is 19.9. The number of ether oxygens (including phenoxy) is 1. The minimum absolute atomic E-state index is 0.159. The molecule has 30 heavy (non-hydrogen) atoms. The van der Waals surface area contributed by atoms with Gasteiger partial charge in [0.15, 0.2) is 0 Å². The lowest BCUT2D eigenvalue weighted by Crippen LogP contribution is -2.33. The molecule has 0 saturated heterocycles. The van der Waals surface area contributed by atoms with E-state index in [1.54, 1.807) is 26.1 Å². The van der Waals surface area contributed by atoms with Gasteiger partial charge in [-0.2, -0.15) is 0 Å². The number of rotatable bonds is 5. The molecule has 2 aromatic heterocycles. The Kier molecular flexibility index (Phi) is 5.42. The van der Waals surface area contributed by atoms with Gasteiger partial charge in [-0.15, -0.1) is 11.3 Å². The van der Waals surface area contributed by atoms with E-state index < -0.39 is 0 Å². The third-order valence-corrected chi connectivity index (χ3v) is 6.12. The van der Waals surface area contributed by atoms with Crippen molar-refractivity contribution in [1.82, 2.24) is 9.47 Å². The topological polar surface area (TPSA) is 51.5 Å². The largest absolute Gasteiger partial charge is 0.496 e. The van der Waals surface area contributed by atoms with Gasteiger partial charge in [0.05, 0.1) is 7.11 Å². The van der Waals surface area contributed by atoms with Crippen LogP contribution in [0, 0.1) is 0 Å². The van der Waals surface area contributed by atoms with Crippen molar-refractivity contribution in [2.75, 3.05) is 14.2 Å². The van der Waals surface area contributed by atoms with Crippen molar-refractivity contribution < 1.29 is 9.53 Å². The van der Waals surface area contributed by atoms with Crippen molar-refractivity contribution in [3.63, 3.8) is 0 Å². The van der Waals surface area contributed by atoms with Gasteiger partial charge in [0.25, 0.3) is 11.5 Å². The molecule has 0 aliphatic rings. The number of methoxy groups -OCH3 is 1. The molecule has 0 bridgehead atoms. The van der Waals surface area contributed by atoms with E-state index in [2.05, 4.69) is 0 Å². The molecule has 0 aliphatic carbocycles. The first-order valence-corrected chi connectivity index (χ1v) is 10.4. The lowest BCUT2D eigenvalue weighted by Gasteiger charge is -2.22. The summed E-state index contributed by atoms with van der Waals surface area (Å²) in [6.07, 6.45) is 0. The molecule has 4 rings (SSSR count). The monoisotopic (exact) mass is 418 g/mol. The van der Waals surface area contributed by atoms with E-state index >= 15 is 0 Å². The minimum Gasteiger partial charge on any atom is -0.496 e. The zero-order valence-electron chi connectivity index (χ0n) is 17.1. The van der Waals surface area contributed by atoms with Gasteiger partial charge in [0, 0.05) is 37.2 Å². The highest BCUT2D eigenvalue weighted by Crippen LogP contribution is 2.33. The highest BCUT2D eigenvalue weighted by atomic mass is 32.1. The van der Waals surface area contributed by atoms with E-state index in [9.17, 15) is 9.59 Å². The maximum absolute atomic E-state index is 13.6. The number of para-hydroxylation sites is 1. The molecule has 5 nitrogen and oxygen atoms in total. The number of pyridine rings is 1. The fourth-order valence-corrected chi connectivity index (χ4v) is 4.59. The van der Waals surface area contributed by atoms with Crippen LogP contribution in [0.15, 0.2) is 70.8 Å². The molecule has 0 radical (unpaired) electrons. The van der Waals surface area contributed by atoms with E-state index in [0.717, 1.165) is 27.8 Å². The van der Waals surface area contributed by atoms with E-state index in [-0.39, 0.29) is 11.5 Å². The van der Waals surface area contributed by atoms with Gasteiger partial charge in [0.1, 0.15) is 16.1 Å². The van der Waals surface area contributed by atoms with Gasteiger partial charge in [-0.3, -0.25) is 9.59 Å². The summed E-state index contributed by atoms with van der Waals surface area (Å²) in [4.78, 5) is 28.2. The third-order valence-electron chi connectivity index (χ3n) is 5.22. The van der Waals surface area contributed by atoms with Crippen molar-refractivity contribution in [1.29, 1.82) is 0 Å². The molecule has 0 spiro atoms. The minimum atomic E-state index is -0.215. The lowest BCUT2D eigenvalue weighted by atomic mass is 9.99. The molecule has 4 aromatic rings. The molecule has 0 atom stereocenters. The van der Waals surface area contributed by atoms with Crippen LogP contribution in [0.4, 0.5) is 0 Å². The van der Waals surface area contributed by atoms with Crippen molar-refractivity contribution in [3.05, 3.63) is 87.7 Å². The molecule has 0 fully saturated rings. The van der Waals surface area contributed by atoms with Crippen LogP contribution in [-0.4, -0.2) is 29.5 Å². The standard InChI is InChI=1S/C24H22N2O3S/c1-25(15-17-11-7-8-12-19(17)29-3)23(27)21-20(16-9-5-4-6-10-16)18-13-14-30-22(18)24(28)26(21)2/h4-14H,15H2,1-3H3. The molecule has 6 heteroatoms. The first-order valence-electron chi connectivity index (χ1n) is 9.56. The number of carbonyl (C=O) groups excluding carboxylic acids is 1.